The van der Waals surface area contributed by atoms with Crippen LogP contribution in [0.4, 0.5) is 0 Å². The number of phenols is 1. The number of aliphatic hydroxyl groups is 5. The minimum atomic E-state index is -1.36. The van der Waals surface area contributed by atoms with Crippen LogP contribution in [-0.4, -0.2) is 70.3 Å². The van der Waals surface area contributed by atoms with Crippen molar-refractivity contribution >= 4 is 0 Å². The molecule has 4 atom stereocenters. The first kappa shape index (κ1) is 22.7. The smallest absolute Gasteiger partial charge is 0.161 e. The molecule has 6 N–H and O–H groups in total. The number of hydrogen-bond acceptors (Lipinski definition) is 9. The number of methoxy groups -OCH3 is 2. The Bertz CT molecular complexity index is 796. The van der Waals surface area contributed by atoms with Crippen LogP contribution < -0.4 is 14.2 Å². The Morgan fingerprint density at radius 2 is 1.34 bits per heavy atom. The van der Waals surface area contributed by atoms with E-state index in [0.29, 0.717) is 11.1 Å². The van der Waals surface area contributed by atoms with Gasteiger partial charge in [-0.3, -0.25) is 0 Å². The molecule has 0 aliphatic carbocycles. The van der Waals surface area contributed by atoms with E-state index in [-0.39, 0.29) is 23.0 Å². The van der Waals surface area contributed by atoms with E-state index in [1.807, 2.05) is 0 Å². The van der Waals surface area contributed by atoms with Gasteiger partial charge in [-0.1, -0.05) is 12.1 Å². The third-order valence-electron chi connectivity index (χ3n) is 4.44. The molecule has 2 aromatic rings. The lowest BCUT2D eigenvalue weighted by atomic mass is 10.0. The summed E-state index contributed by atoms with van der Waals surface area (Å²) >= 11 is 0. The number of ether oxygens (including phenoxy) is 3. The zero-order chi connectivity index (χ0) is 21.6. The summed E-state index contributed by atoms with van der Waals surface area (Å²) < 4.78 is 16.0. The average molecular weight is 410 g/mol. The van der Waals surface area contributed by atoms with Crippen LogP contribution in [0.1, 0.15) is 23.3 Å². The first-order chi connectivity index (χ1) is 13.9. The molecular formula is C20H26O9. The molecule has 2 rings (SSSR count). The van der Waals surface area contributed by atoms with E-state index >= 15 is 0 Å². The fraction of sp³-hybridized carbons (Fsp3) is 0.400. The molecule has 0 fully saturated rings. The van der Waals surface area contributed by atoms with Gasteiger partial charge < -0.3 is 44.8 Å². The Kier molecular flexibility index (Phi) is 8.06. The van der Waals surface area contributed by atoms with Gasteiger partial charge in [0.25, 0.3) is 0 Å². The molecule has 2 aromatic carbocycles. The largest absolute Gasteiger partial charge is 0.504 e. The number of benzene rings is 2. The van der Waals surface area contributed by atoms with E-state index < -0.39 is 37.6 Å². The van der Waals surface area contributed by atoms with Crippen LogP contribution >= 0.6 is 0 Å². The lowest BCUT2D eigenvalue weighted by Gasteiger charge is -2.25. The maximum Gasteiger partial charge on any atom is 0.161 e. The van der Waals surface area contributed by atoms with Gasteiger partial charge in [-0.2, -0.15) is 0 Å². The second-order valence-corrected chi connectivity index (χ2v) is 6.32. The Morgan fingerprint density at radius 3 is 1.93 bits per heavy atom. The molecule has 0 bridgehead atoms. The standard InChI is InChI=1S/C20H26O9/c1-27-16-7-12(3-5-13(16)23)20(26)18(10-22)29-15-6-4-11(8-17(15)28-2)19(25)14(24)9-21/h3-8,14,18-26H,9-10H2,1-2H3/t14-,18-,19-,20-/m1/s1. The fourth-order valence-electron chi connectivity index (χ4n) is 2.74. The van der Waals surface area contributed by atoms with Crippen LogP contribution in [0.5, 0.6) is 23.0 Å². The van der Waals surface area contributed by atoms with Crippen molar-refractivity contribution in [3.63, 3.8) is 0 Å². The van der Waals surface area contributed by atoms with Crippen molar-refractivity contribution in [2.45, 2.75) is 24.4 Å². The van der Waals surface area contributed by atoms with Gasteiger partial charge in [-0.15, -0.1) is 0 Å². The van der Waals surface area contributed by atoms with Gasteiger partial charge in [0, 0.05) is 0 Å². The molecule has 0 spiro atoms. The highest BCUT2D eigenvalue weighted by Crippen LogP contribution is 2.35. The summed E-state index contributed by atoms with van der Waals surface area (Å²) in [6, 6.07) is 8.60. The zero-order valence-corrected chi connectivity index (χ0v) is 16.1. The number of aromatic hydroxyl groups is 1. The Labute approximate surface area is 168 Å². The van der Waals surface area contributed by atoms with E-state index in [0.717, 1.165) is 0 Å². The molecule has 0 unspecified atom stereocenters. The Morgan fingerprint density at radius 1 is 0.759 bits per heavy atom. The van der Waals surface area contributed by atoms with Crippen molar-refractivity contribution in [2.24, 2.45) is 0 Å². The monoisotopic (exact) mass is 410 g/mol. The van der Waals surface area contributed by atoms with Crippen molar-refractivity contribution < 1.29 is 44.8 Å². The lowest BCUT2D eigenvalue weighted by Crippen LogP contribution is -2.29. The molecular weight excluding hydrogens is 384 g/mol. The van der Waals surface area contributed by atoms with E-state index in [1.54, 1.807) is 0 Å². The van der Waals surface area contributed by atoms with Crippen LogP contribution in [0.15, 0.2) is 36.4 Å². The summed E-state index contributed by atoms with van der Waals surface area (Å²) in [5.41, 5.74) is 0.649. The predicted octanol–water partition coefficient (Wildman–Crippen LogP) is 0.269. The minimum absolute atomic E-state index is 0.0919. The van der Waals surface area contributed by atoms with Crippen molar-refractivity contribution in [3.05, 3.63) is 47.5 Å². The van der Waals surface area contributed by atoms with Gasteiger partial charge in [0.2, 0.25) is 0 Å². The first-order valence-corrected chi connectivity index (χ1v) is 8.83. The second-order valence-electron chi connectivity index (χ2n) is 6.32. The Hall–Kier alpha value is -2.56. The van der Waals surface area contributed by atoms with Gasteiger partial charge in [0.1, 0.15) is 18.3 Å². The van der Waals surface area contributed by atoms with Crippen molar-refractivity contribution in [3.8, 4) is 23.0 Å². The van der Waals surface area contributed by atoms with Gasteiger partial charge in [-0.05, 0) is 35.4 Å². The normalized spacial score (nSPS) is 15.3. The predicted molar refractivity (Wildman–Crippen MR) is 102 cm³/mol. The molecule has 0 radical (unpaired) electrons. The first-order valence-electron chi connectivity index (χ1n) is 8.83. The van der Waals surface area contributed by atoms with Crippen molar-refractivity contribution in [1.29, 1.82) is 0 Å². The fourth-order valence-corrected chi connectivity index (χ4v) is 2.74. The van der Waals surface area contributed by atoms with Gasteiger partial charge in [0.15, 0.2) is 29.1 Å². The van der Waals surface area contributed by atoms with Crippen LogP contribution in [0, 0.1) is 0 Å². The van der Waals surface area contributed by atoms with Crippen LogP contribution in [-0.2, 0) is 0 Å². The third kappa shape index (κ3) is 5.28. The van der Waals surface area contributed by atoms with E-state index in [1.165, 1.54) is 50.6 Å². The van der Waals surface area contributed by atoms with Gasteiger partial charge in [0.05, 0.1) is 27.4 Å². The topological polar surface area (TPSA) is 149 Å². The molecule has 0 saturated heterocycles. The van der Waals surface area contributed by atoms with Crippen molar-refractivity contribution in [1.82, 2.24) is 0 Å². The van der Waals surface area contributed by atoms with Gasteiger partial charge >= 0.3 is 0 Å². The van der Waals surface area contributed by atoms with Crippen molar-refractivity contribution in [2.75, 3.05) is 27.4 Å². The number of rotatable bonds is 10. The highest BCUT2D eigenvalue weighted by atomic mass is 16.5. The Balaban J connectivity index is 2.25. The summed E-state index contributed by atoms with van der Waals surface area (Å²) in [5.74, 6) is 0.453. The zero-order valence-electron chi connectivity index (χ0n) is 16.1. The van der Waals surface area contributed by atoms with E-state index in [2.05, 4.69) is 0 Å². The summed E-state index contributed by atoms with van der Waals surface area (Å²) in [6.07, 6.45) is -5.01. The molecule has 160 valence electrons. The molecule has 0 amide bonds. The van der Waals surface area contributed by atoms with E-state index in [9.17, 15) is 25.5 Å². The quantitative estimate of drug-likeness (QED) is 0.324. The summed E-state index contributed by atoms with van der Waals surface area (Å²) in [4.78, 5) is 0. The highest BCUT2D eigenvalue weighted by molar-refractivity contribution is 5.45. The van der Waals surface area contributed by atoms with Crippen LogP contribution in [0.2, 0.25) is 0 Å². The molecule has 0 heterocycles. The number of hydrogen-bond donors (Lipinski definition) is 6. The summed E-state index contributed by atoms with van der Waals surface area (Å²) in [6.45, 7) is -1.14. The minimum Gasteiger partial charge on any atom is -0.504 e. The van der Waals surface area contributed by atoms with Gasteiger partial charge in [-0.25, -0.2) is 0 Å². The summed E-state index contributed by atoms with van der Waals surface area (Å²) in [5, 5.41) is 58.6. The molecule has 9 heteroatoms. The molecule has 0 aromatic heterocycles. The SMILES string of the molecule is COc1cc([C@@H](O)[C@@H](CO)Oc2ccc([C@@H](O)[C@H](O)CO)cc2OC)ccc1O. The van der Waals surface area contributed by atoms with Crippen LogP contribution in [0.25, 0.3) is 0 Å². The summed E-state index contributed by atoms with van der Waals surface area (Å²) in [7, 11) is 2.75. The average Bonchev–Trinajstić information content (AvgIpc) is 2.76. The second kappa shape index (κ2) is 10.3. The third-order valence-corrected chi connectivity index (χ3v) is 4.44. The van der Waals surface area contributed by atoms with Crippen LogP contribution in [0.3, 0.4) is 0 Å². The molecule has 9 nitrogen and oxygen atoms in total. The maximum atomic E-state index is 10.6. The maximum absolute atomic E-state index is 10.6. The lowest BCUT2D eigenvalue weighted by molar-refractivity contribution is -0.0156. The molecule has 0 aliphatic heterocycles. The number of phenolic OH excluding ortho intramolecular Hbond substituents is 1. The highest BCUT2D eigenvalue weighted by Gasteiger charge is 2.25. The molecule has 0 aliphatic rings. The molecule has 0 saturated carbocycles. The van der Waals surface area contributed by atoms with E-state index in [4.69, 9.17) is 19.3 Å². The number of aliphatic hydroxyl groups excluding tert-OH is 5. The molecule has 29 heavy (non-hydrogen) atoms.